The molecule has 0 atom stereocenters. The smallest absolute Gasteiger partial charge is 0.151 e. The van der Waals surface area contributed by atoms with E-state index >= 15 is 0 Å². The molecule has 1 aliphatic carbocycles. The first kappa shape index (κ1) is 31.1. The summed E-state index contributed by atoms with van der Waals surface area (Å²) in [6.07, 6.45) is 0. The van der Waals surface area contributed by atoms with Gasteiger partial charge in [-0.15, -0.1) is 0 Å². The number of anilines is 6. The highest BCUT2D eigenvalue weighted by Crippen LogP contribution is 2.56. The molecule has 0 amide bonds. The Labute approximate surface area is 324 Å². The second-order valence-electron chi connectivity index (χ2n) is 15.4. The molecule has 3 aliphatic rings. The van der Waals surface area contributed by atoms with Crippen molar-refractivity contribution in [1.29, 1.82) is 0 Å². The number of hydrogen-bond donors (Lipinski definition) is 0. The van der Waals surface area contributed by atoms with Gasteiger partial charge in [0, 0.05) is 33.2 Å². The Morgan fingerprint density at radius 2 is 0.839 bits per heavy atom. The Morgan fingerprint density at radius 1 is 0.375 bits per heavy atom. The first-order valence-electron chi connectivity index (χ1n) is 19.2. The molecule has 266 valence electrons. The second kappa shape index (κ2) is 11.4. The topological polar surface area (TPSA) is 29.9 Å². The number of nitrogens with zero attached hydrogens (tertiary/aromatic N) is 3. The summed E-state index contributed by atoms with van der Waals surface area (Å²) in [5.74, 6) is 3.40. The molecular formula is C51H35N3O2. The summed E-state index contributed by atoms with van der Waals surface area (Å²) < 4.78 is 15.2. The molecule has 0 radical (unpaired) electrons. The van der Waals surface area contributed by atoms with E-state index in [9.17, 15) is 0 Å². The minimum Gasteiger partial charge on any atom is -0.453 e. The van der Waals surface area contributed by atoms with Crippen LogP contribution in [0.25, 0.3) is 38.6 Å². The number of para-hydroxylation sites is 9. The maximum Gasteiger partial charge on any atom is 0.151 e. The van der Waals surface area contributed by atoms with Crippen molar-refractivity contribution >= 4 is 55.9 Å². The molecule has 1 aromatic heterocycles. The SMILES string of the molecule is CC1(C)c2cc(N3c4ccccc4Oc4ccccc43)ccc2-c2cc3c(cc21)c1ccc(N2c4ccccc4Oc4ccccc42)cc1n3-c1ccccc1. The number of ether oxygens (including phenoxy) is 2. The molecule has 0 bridgehead atoms. The van der Waals surface area contributed by atoms with Crippen molar-refractivity contribution in [3.05, 3.63) is 187 Å². The summed E-state index contributed by atoms with van der Waals surface area (Å²) in [5.41, 5.74) is 14.8. The minimum absolute atomic E-state index is 0.234. The Kier molecular flexibility index (Phi) is 6.33. The first-order valence-corrected chi connectivity index (χ1v) is 19.2. The minimum atomic E-state index is -0.234. The number of benzene rings is 8. The van der Waals surface area contributed by atoms with Crippen molar-refractivity contribution in [2.75, 3.05) is 9.80 Å². The monoisotopic (exact) mass is 721 g/mol. The third-order valence-electron chi connectivity index (χ3n) is 11.9. The van der Waals surface area contributed by atoms with Crippen LogP contribution < -0.4 is 19.3 Å². The van der Waals surface area contributed by atoms with Crippen molar-refractivity contribution in [2.45, 2.75) is 19.3 Å². The van der Waals surface area contributed by atoms with E-state index in [0.29, 0.717) is 0 Å². The molecule has 0 saturated heterocycles. The van der Waals surface area contributed by atoms with Crippen LogP contribution in [-0.4, -0.2) is 4.57 Å². The van der Waals surface area contributed by atoms with Crippen molar-refractivity contribution in [2.24, 2.45) is 0 Å². The van der Waals surface area contributed by atoms with Gasteiger partial charge < -0.3 is 23.8 Å². The highest BCUT2D eigenvalue weighted by molar-refractivity contribution is 6.12. The van der Waals surface area contributed by atoms with Gasteiger partial charge in [-0.25, -0.2) is 0 Å². The fraction of sp³-hybridized carbons (Fsp3) is 0.0588. The molecule has 12 rings (SSSR count). The summed E-state index contributed by atoms with van der Waals surface area (Å²) in [7, 11) is 0. The Bertz CT molecular complexity index is 3000. The molecule has 0 saturated carbocycles. The highest BCUT2D eigenvalue weighted by Gasteiger charge is 2.38. The molecule has 5 heteroatoms. The van der Waals surface area contributed by atoms with Gasteiger partial charge in [-0.2, -0.15) is 0 Å². The Hall–Kier alpha value is -7.24. The van der Waals surface area contributed by atoms with Crippen LogP contribution in [0, 0.1) is 0 Å². The van der Waals surface area contributed by atoms with E-state index < -0.39 is 0 Å². The van der Waals surface area contributed by atoms with Crippen LogP contribution in [0.4, 0.5) is 34.1 Å². The Balaban J connectivity index is 1.06. The van der Waals surface area contributed by atoms with Crippen LogP contribution >= 0.6 is 0 Å². The number of hydrogen-bond acceptors (Lipinski definition) is 4. The largest absolute Gasteiger partial charge is 0.453 e. The van der Waals surface area contributed by atoms with E-state index in [1.165, 1.54) is 38.5 Å². The normalized spacial score (nSPS) is 14.2. The van der Waals surface area contributed by atoms with Gasteiger partial charge in [0.15, 0.2) is 23.0 Å². The van der Waals surface area contributed by atoms with Gasteiger partial charge in [0.1, 0.15) is 0 Å². The average molecular weight is 722 g/mol. The predicted octanol–water partition coefficient (Wildman–Crippen LogP) is 14.2. The summed E-state index contributed by atoms with van der Waals surface area (Å²) in [6.45, 7) is 4.74. The lowest BCUT2D eigenvalue weighted by molar-refractivity contribution is 0.476. The number of fused-ring (bicyclic) bond motifs is 10. The van der Waals surface area contributed by atoms with Crippen LogP contribution in [-0.2, 0) is 5.41 Å². The molecule has 5 nitrogen and oxygen atoms in total. The molecule has 8 aromatic carbocycles. The summed E-state index contributed by atoms with van der Waals surface area (Å²) >= 11 is 0. The van der Waals surface area contributed by atoms with E-state index in [1.54, 1.807) is 0 Å². The van der Waals surface area contributed by atoms with E-state index in [1.807, 2.05) is 48.5 Å². The average Bonchev–Trinajstić information content (AvgIpc) is 3.67. The molecular weight excluding hydrogens is 687 g/mol. The van der Waals surface area contributed by atoms with E-state index in [0.717, 1.165) is 68.3 Å². The highest BCUT2D eigenvalue weighted by atomic mass is 16.5. The zero-order valence-corrected chi connectivity index (χ0v) is 30.9. The standard InChI is InChI=1S/C51H35N3O2/c1-51(2)39-28-33(53-41-16-6-10-20-47(41)55-48-21-11-7-17-42(48)53)24-26-35(39)37-31-46-38(30-40(37)51)36-27-25-34(29-45(36)52(46)32-14-4-3-5-15-32)54-43-18-8-12-22-49(43)56-50-23-13-9-19-44(50)54/h3-31H,1-2H3. The van der Waals surface area contributed by atoms with Gasteiger partial charge in [0.25, 0.3) is 0 Å². The molecule has 3 heterocycles. The van der Waals surface area contributed by atoms with Gasteiger partial charge in [-0.1, -0.05) is 92.7 Å². The van der Waals surface area contributed by atoms with Crippen molar-refractivity contribution in [1.82, 2.24) is 4.57 Å². The quantitative estimate of drug-likeness (QED) is 0.182. The van der Waals surface area contributed by atoms with Gasteiger partial charge >= 0.3 is 0 Å². The van der Waals surface area contributed by atoms with Gasteiger partial charge in [-0.3, -0.25) is 0 Å². The van der Waals surface area contributed by atoms with Gasteiger partial charge in [0.2, 0.25) is 0 Å². The lowest BCUT2D eigenvalue weighted by Crippen LogP contribution is -2.18. The van der Waals surface area contributed by atoms with Gasteiger partial charge in [-0.05, 0) is 119 Å². The van der Waals surface area contributed by atoms with Gasteiger partial charge in [0.05, 0.1) is 33.8 Å². The lowest BCUT2D eigenvalue weighted by atomic mass is 9.82. The first-order chi connectivity index (χ1) is 27.5. The summed E-state index contributed by atoms with van der Waals surface area (Å²) in [5, 5.41) is 2.47. The van der Waals surface area contributed by atoms with Crippen molar-refractivity contribution in [3.8, 4) is 39.8 Å². The van der Waals surface area contributed by atoms with Crippen molar-refractivity contribution in [3.63, 3.8) is 0 Å². The van der Waals surface area contributed by atoms with E-state index in [-0.39, 0.29) is 5.41 Å². The number of rotatable bonds is 3. The second-order valence-corrected chi connectivity index (χ2v) is 15.4. The van der Waals surface area contributed by atoms with Crippen LogP contribution in [0.15, 0.2) is 176 Å². The van der Waals surface area contributed by atoms with Crippen LogP contribution in [0.2, 0.25) is 0 Å². The fourth-order valence-electron chi connectivity index (χ4n) is 9.32. The molecule has 2 aliphatic heterocycles. The fourth-order valence-corrected chi connectivity index (χ4v) is 9.32. The molecule has 56 heavy (non-hydrogen) atoms. The van der Waals surface area contributed by atoms with Crippen LogP contribution in [0.1, 0.15) is 25.0 Å². The molecule has 0 N–H and O–H groups in total. The maximum absolute atomic E-state index is 6.37. The molecule has 0 spiro atoms. The van der Waals surface area contributed by atoms with Crippen LogP contribution in [0.3, 0.4) is 0 Å². The summed E-state index contributed by atoms with van der Waals surface area (Å²) in [4.78, 5) is 4.66. The third-order valence-corrected chi connectivity index (χ3v) is 11.9. The zero-order chi connectivity index (χ0) is 37.1. The van der Waals surface area contributed by atoms with E-state index in [4.69, 9.17) is 9.47 Å². The number of aromatic nitrogens is 1. The molecule has 0 fully saturated rings. The van der Waals surface area contributed by atoms with E-state index in [2.05, 4.69) is 156 Å². The maximum atomic E-state index is 6.37. The Morgan fingerprint density at radius 3 is 1.41 bits per heavy atom. The molecule has 0 unspecified atom stereocenters. The van der Waals surface area contributed by atoms with Crippen LogP contribution in [0.5, 0.6) is 23.0 Å². The summed E-state index contributed by atoms with van der Waals surface area (Å²) in [6, 6.07) is 62.7. The lowest BCUT2D eigenvalue weighted by Gasteiger charge is -2.33. The third kappa shape index (κ3) is 4.31. The molecule has 9 aromatic rings. The van der Waals surface area contributed by atoms with Crippen molar-refractivity contribution < 1.29 is 9.47 Å². The predicted molar refractivity (Wildman–Crippen MR) is 228 cm³/mol. The zero-order valence-electron chi connectivity index (χ0n) is 30.9.